The maximum atomic E-state index is 11.6. The number of hydrogen-bond donors (Lipinski definition) is 1. The normalized spacial score (nSPS) is 16.7. The summed E-state index contributed by atoms with van der Waals surface area (Å²) in [4.78, 5) is 13.7. The van der Waals surface area contributed by atoms with Crippen LogP contribution in [-0.2, 0) is 16.0 Å². The number of carbonyl (C=O) groups excluding carboxylic acids is 1. The highest BCUT2D eigenvalue weighted by molar-refractivity contribution is 7.80. The number of benzene rings is 2. The molecule has 0 amide bonds. The van der Waals surface area contributed by atoms with Crippen molar-refractivity contribution in [3.05, 3.63) is 77.4 Å². The Bertz CT molecular complexity index is 816. The molecule has 1 heterocycles. The number of ether oxygens (including phenoxy) is 1. The van der Waals surface area contributed by atoms with Crippen molar-refractivity contribution in [1.29, 1.82) is 0 Å². The van der Waals surface area contributed by atoms with Gasteiger partial charge in [-0.1, -0.05) is 54.6 Å². The molecule has 0 saturated heterocycles. The van der Waals surface area contributed by atoms with E-state index in [-0.39, 0.29) is 18.4 Å². The van der Waals surface area contributed by atoms with Gasteiger partial charge in [0.25, 0.3) is 0 Å². The molecular weight excluding hydrogens is 344 g/mol. The lowest BCUT2D eigenvalue weighted by Crippen LogP contribution is -2.42. The van der Waals surface area contributed by atoms with E-state index in [0.29, 0.717) is 11.7 Å². The van der Waals surface area contributed by atoms with Crippen molar-refractivity contribution in [2.75, 3.05) is 13.7 Å². The maximum Gasteiger partial charge on any atom is 0.310 e. The standard InChI is InChI=1S/C21H22N2O2S/c1-3-25-20(24)13-15-9-11-16(12-10-15)18-14-19(23(2)21(26)22-18)17-7-5-4-6-8-17/h4-12,14,19H,3,13H2,1-2H3,(H,22,26). The number of likely N-dealkylation sites (N-methyl/N-ethyl adjacent to an activating group) is 1. The molecule has 2 aromatic carbocycles. The van der Waals surface area contributed by atoms with Gasteiger partial charge in [-0.3, -0.25) is 4.79 Å². The molecule has 134 valence electrons. The fraction of sp³-hybridized carbons (Fsp3) is 0.238. The number of carbonyl (C=O) groups is 1. The lowest BCUT2D eigenvalue weighted by atomic mass is 9.99. The zero-order valence-electron chi connectivity index (χ0n) is 14.9. The summed E-state index contributed by atoms with van der Waals surface area (Å²) in [5, 5.41) is 3.98. The first-order valence-electron chi connectivity index (χ1n) is 8.64. The number of esters is 1. The summed E-state index contributed by atoms with van der Waals surface area (Å²) < 4.78 is 5.00. The van der Waals surface area contributed by atoms with Gasteiger partial charge in [-0.2, -0.15) is 0 Å². The number of rotatable bonds is 5. The fourth-order valence-corrected chi connectivity index (χ4v) is 3.18. The molecule has 3 rings (SSSR count). The first-order chi connectivity index (χ1) is 12.6. The number of nitrogens with one attached hydrogen (secondary N) is 1. The molecule has 4 nitrogen and oxygen atoms in total. The predicted molar refractivity (Wildman–Crippen MR) is 107 cm³/mol. The van der Waals surface area contributed by atoms with E-state index in [1.54, 1.807) is 0 Å². The minimum Gasteiger partial charge on any atom is -0.466 e. The van der Waals surface area contributed by atoms with Crippen molar-refractivity contribution in [2.45, 2.75) is 19.4 Å². The van der Waals surface area contributed by atoms with Crippen LogP contribution in [0, 0.1) is 0 Å². The lowest BCUT2D eigenvalue weighted by molar-refractivity contribution is -0.142. The Morgan fingerprint density at radius 1 is 1.15 bits per heavy atom. The number of hydrogen-bond acceptors (Lipinski definition) is 3. The molecule has 2 aromatic rings. The zero-order chi connectivity index (χ0) is 18.5. The second-order valence-corrected chi connectivity index (χ2v) is 6.54. The highest BCUT2D eigenvalue weighted by Gasteiger charge is 2.23. The van der Waals surface area contributed by atoms with Gasteiger partial charge in [0.15, 0.2) is 5.11 Å². The Balaban J connectivity index is 1.83. The van der Waals surface area contributed by atoms with Gasteiger partial charge in [0.2, 0.25) is 0 Å². The van der Waals surface area contributed by atoms with Crippen LogP contribution in [0.25, 0.3) is 5.70 Å². The van der Waals surface area contributed by atoms with Gasteiger partial charge < -0.3 is 15.0 Å². The monoisotopic (exact) mass is 366 g/mol. The number of nitrogens with zero attached hydrogens (tertiary/aromatic N) is 1. The Kier molecular flexibility index (Phi) is 5.68. The van der Waals surface area contributed by atoms with Crippen molar-refractivity contribution in [3.8, 4) is 0 Å². The Labute approximate surface area is 159 Å². The fourth-order valence-electron chi connectivity index (χ4n) is 2.96. The molecule has 1 unspecified atom stereocenters. The van der Waals surface area contributed by atoms with Crippen LogP contribution in [0.2, 0.25) is 0 Å². The topological polar surface area (TPSA) is 41.6 Å². The van der Waals surface area contributed by atoms with Gasteiger partial charge in [0.05, 0.1) is 19.1 Å². The van der Waals surface area contributed by atoms with Crippen LogP contribution in [0.3, 0.4) is 0 Å². The average molecular weight is 366 g/mol. The molecule has 1 aliphatic rings. The molecule has 1 aliphatic heterocycles. The van der Waals surface area contributed by atoms with Gasteiger partial charge in [-0.05, 0) is 41.9 Å². The van der Waals surface area contributed by atoms with Crippen LogP contribution < -0.4 is 5.32 Å². The number of thiocarbonyl (C=S) groups is 1. The Hall–Kier alpha value is -2.66. The molecule has 0 aromatic heterocycles. The van der Waals surface area contributed by atoms with E-state index in [0.717, 1.165) is 16.8 Å². The first-order valence-corrected chi connectivity index (χ1v) is 9.05. The van der Waals surface area contributed by atoms with Crippen LogP contribution in [0.5, 0.6) is 0 Å². The highest BCUT2D eigenvalue weighted by atomic mass is 32.1. The van der Waals surface area contributed by atoms with E-state index in [1.165, 1.54) is 5.56 Å². The highest BCUT2D eigenvalue weighted by Crippen LogP contribution is 2.28. The molecule has 0 aliphatic carbocycles. The molecular formula is C21H22N2O2S. The summed E-state index contributed by atoms with van der Waals surface area (Å²) in [5.41, 5.74) is 4.14. The molecule has 0 spiro atoms. The quantitative estimate of drug-likeness (QED) is 0.646. The molecule has 26 heavy (non-hydrogen) atoms. The van der Waals surface area contributed by atoms with E-state index >= 15 is 0 Å². The zero-order valence-corrected chi connectivity index (χ0v) is 15.8. The smallest absolute Gasteiger partial charge is 0.310 e. The van der Waals surface area contributed by atoms with E-state index in [2.05, 4.69) is 23.5 Å². The first kappa shape index (κ1) is 18.1. The van der Waals surface area contributed by atoms with Crippen molar-refractivity contribution >= 4 is 29.0 Å². The van der Waals surface area contributed by atoms with Crippen molar-refractivity contribution in [1.82, 2.24) is 10.2 Å². The van der Waals surface area contributed by atoms with Gasteiger partial charge in [0, 0.05) is 12.7 Å². The van der Waals surface area contributed by atoms with Crippen LogP contribution >= 0.6 is 12.2 Å². The molecule has 0 bridgehead atoms. The van der Waals surface area contributed by atoms with E-state index in [1.807, 2.05) is 61.3 Å². The Morgan fingerprint density at radius 3 is 2.50 bits per heavy atom. The summed E-state index contributed by atoms with van der Waals surface area (Å²) in [6.07, 6.45) is 2.46. The van der Waals surface area contributed by atoms with Gasteiger partial charge in [0.1, 0.15) is 0 Å². The molecule has 0 radical (unpaired) electrons. The summed E-state index contributed by atoms with van der Waals surface area (Å²) in [6.45, 7) is 2.21. The minimum atomic E-state index is -0.206. The molecule has 0 saturated carbocycles. The lowest BCUT2D eigenvalue weighted by Gasteiger charge is -2.34. The molecule has 1 atom stereocenters. The molecule has 0 fully saturated rings. The second-order valence-electron chi connectivity index (χ2n) is 6.16. The SMILES string of the molecule is CCOC(=O)Cc1ccc(C2=CC(c3ccccc3)N(C)C(=S)N2)cc1. The van der Waals surface area contributed by atoms with Crippen molar-refractivity contribution < 1.29 is 9.53 Å². The van der Waals surface area contributed by atoms with Gasteiger partial charge in [-0.25, -0.2) is 0 Å². The molecule has 5 heteroatoms. The second kappa shape index (κ2) is 8.15. The van der Waals surface area contributed by atoms with E-state index in [9.17, 15) is 4.79 Å². The summed E-state index contributed by atoms with van der Waals surface area (Å²) in [5.74, 6) is -0.206. The summed E-state index contributed by atoms with van der Waals surface area (Å²) in [6, 6.07) is 18.3. The van der Waals surface area contributed by atoms with Crippen LogP contribution in [0.4, 0.5) is 0 Å². The van der Waals surface area contributed by atoms with Crippen molar-refractivity contribution in [2.24, 2.45) is 0 Å². The average Bonchev–Trinajstić information content (AvgIpc) is 2.65. The van der Waals surface area contributed by atoms with E-state index in [4.69, 9.17) is 17.0 Å². The summed E-state index contributed by atoms with van der Waals surface area (Å²) in [7, 11) is 1.99. The summed E-state index contributed by atoms with van der Waals surface area (Å²) >= 11 is 5.51. The third-order valence-corrected chi connectivity index (χ3v) is 4.75. The van der Waals surface area contributed by atoms with Crippen LogP contribution in [0.1, 0.15) is 29.7 Å². The van der Waals surface area contributed by atoms with E-state index < -0.39 is 0 Å². The van der Waals surface area contributed by atoms with Gasteiger partial charge in [-0.15, -0.1) is 0 Å². The van der Waals surface area contributed by atoms with Crippen LogP contribution in [-0.4, -0.2) is 29.6 Å². The largest absolute Gasteiger partial charge is 0.466 e. The third kappa shape index (κ3) is 4.11. The predicted octanol–water partition coefficient (Wildman–Crippen LogP) is 3.69. The van der Waals surface area contributed by atoms with Crippen LogP contribution in [0.15, 0.2) is 60.7 Å². The maximum absolute atomic E-state index is 11.6. The molecule has 1 N–H and O–H groups in total. The van der Waals surface area contributed by atoms with Crippen molar-refractivity contribution in [3.63, 3.8) is 0 Å². The third-order valence-electron chi connectivity index (χ3n) is 4.36. The van der Waals surface area contributed by atoms with Gasteiger partial charge >= 0.3 is 5.97 Å². The minimum absolute atomic E-state index is 0.0826. The Morgan fingerprint density at radius 2 is 1.85 bits per heavy atom.